The van der Waals surface area contributed by atoms with Crippen molar-refractivity contribution in [3.63, 3.8) is 0 Å². The van der Waals surface area contributed by atoms with Crippen molar-refractivity contribution < 1.29 is 23.4 Å². The molecule has 2 fully saturated rings. The van der Waals surface area contributed by atoms with Gasteiger partial charge >= 0.3 is 0 Å². The molecule has 3 aromatic rings. The Labute approximate surface area is 262 Å². The number of carbonyl (C=O) groups is 1. The molecule has 1 saturated heterocycles. The maximum atomic E-state index is 14.4. The molecule has 45 heavy (non-hydrogen) atoms. The molecule has 1 amide bonds. The number of alkyl halides is 2. The zero-order chi connectivity index (χ0) is 32.4. The fraction of sp³-hybridized carbons (Fsp3) is 0.500. The lowest BCUT2D eigenvalue weighted by Gasteiger charge is -2.42. The molecule has 0 bridgehead atoms. The second kappa shape index (κ2) is 12.9. The summed E-state index contributed by atoms with van der Waals surface area (Å²) < 4.78 is 35.8. The second-order valence-electron chi connectivity index (χ2n) is 13.5. The monoisotopic (exact) mass is 623 g/mol. The summed E-state index contributed by atoms with van der Waals surface area (Å²) in [6.07, 6.45) is 1.18. The van der Waals surface area contributed by atoms with Crippen LogP contribution in [0.5, 0.6) is 11.6 Å². The number of nitrogens with two attached hydrogens (primary N) is 1. The number of piperidine rings is 1. The van der Waals surface area contributed by atoms with Gasteiger partial charge in [-0.1, -0.05) is 42.5 Å². The van der Waals surface area contributed by atoms with E-state index < -0.39 is 28.9 Å². The Balaban J connectivity index is 1.20. The molecule has 2 aromatic carbocycles. The maximum Gasteiger partial charge on any atom is 0.280 e. The summed E-state index contributed by atoms with van der Waals surface area (Å²) in [6, 6.07) is 16.4. The Bertz CT molecular complexity index is 1530. The average molecular weight is 624 g/mol. The molecule has 1 aromatic heterocycles. The molecule has 9 nitrogen and oxygen atoms in total. The molecular weight excluding hydrogens is 580 g/mol. The van der Waals surface area contributed by atoms with Gasteiger partial charge in [-0.2, -0.15) is 0 Å². The van der Waals surface area contributed by atoms with Crippen LogP contribution in [-0.2, 0) is 17.9 Å². The van der Waals surface area contributed by atoms with E-state index in [1.165, 1.54) is 10.9 Å². The van der Waals surface area contributed by atoms with Crippen LogP contribution >= 0.6 is 0 Å². The van der Waals surface area contributed by atoms with E-state index in [2.05, 4.69) is 31.1 Å². The molecular formula is C34H43F2N5O4. The number of nitrogens with zero attached hydrogens (tertiary/aromatic N) is 3. The lowest BCUT2D eigenvalue weighted by atomic mass is 9.73. The van der Waals surface area contributed by atoms with Gasteiger partial charge in [0.2, 0.25) is 17.7 Å². The molecule has 1 aliphatic carbocycles. The number of aliphatic hydroxyl groups is 1. The van der Waals surface area contributed by atoms with E-state index in [9.17, 15) is 23.5 Å². The summed E-state index contributed by atoms with van der Waals surface area (Å²) in [5.41, 5.74) is 5.94. The van der Waals surface area contributed by atoms with Crippen molar-refractivity contribution in [1.29, 1.82) is 0 Å². The molecule has 0 unspecified atom stereocenters. The molecule has 2 aliphatic rings. The van der Waals surface area contributed by atoms with Crippen LogP contribution < -0.4 is 21.3 Å². The number of hydrogen-bond acceptors (Lipinski definition) is 7. The van der Waals surface area contributed by atoms with Crippen LogP contribution in [0, 0.1) is 5.92 Å². The maximum absolute atomic E-state index is 14.4. The topological polar surface area (TPSA) is 123 Å². The van der Waals surface area contributed by atoms with Gasteiger partial charge in [-0.25, -0.2) is 13.8 Å². The van der Waals surface area contributed by atoms with E-state index in [0.717, 1.165) is 11.1 Å². The van der Waals surface area contributed by atoms with Crippen molar-refractivity contribution in [3.8, 4) is 11.6 Å². The molecule has 2 heterocycles. The first-order valence-electron chi connectivity index (χ1n) is 15.5. The van der Waals surface area contributed by atoms with Gasteiger partial charge < -0.3 is 25.8 Å². The molecule has 0 spiro atoms. The minimum absolute atomic E-state index is 0.0109. The number of anilines is 1. The first-order valence-corrected chi connectivity index (χ1v) is 15.5. The van der Waals surface area contributed by atoms with E-state index in [4.69, 9.17) is 10.5 Å². The Morgan fingerprint density at radius 1 is 1.09 bits per heavy atom. The minimum Gasteiger partial charge on any atom is -0.437 e. The predicted molar refractivity (Wildman–Crippen MR) is 168 cm³/mol. The van der Waals surface area contributed by atoms with Crippen molar-refractivity contribution in [1.82, 2.24) is 19.8 Å². The van der Waals surface area contributed by atoms with E-state index in [0.29, 0.717) is 12.3 Å². The van der Waals surface area contributed by atoms with Crippen molar-refractivity contribution in [2.45, 2.75) is 88.9 Å². The van der Waals surface area contributed by atoms with Crippen LogP contribution in [-0.4, -0.2) is 55.6 Å². The lowest BCUT2D eigenvalue weighted by Crippen LogP contribution is -2.52. The molecule has 2 atom stereocenters. The number of aromatic nitrogens is 2. The van der Waals surface area contributed by atoms with Gasteiger partial charge in [0.25, 0.3) is 5.56 Å². The summed E-state index contributed by atoms with van der Waals surface area (Å²) in [6.45, 7) is 7.43. The van der Waals surface area contributed by atoms with Crippen LogP contribution in [0.1, 0.15) is 69.9 Å². The Morgan fingerprint density at radius 2 is 1.76 bits per heavy atom. The normalized spacial score (nSPS) is 21.3. The Hall–Kier alpha value is -3.83. The smallest absolute Gasteiger partial charge is 0.280 e. The number of rotatable bonds is 8. The van der Waals surface area contributed by atoms with Crippen LogP contribution in [0.2, 0.25) is 0 Å². The van der Waals surface area contributed by atoms with Gasteiger partial charge in [-0.3, -0.25) is 14.2 Å². The van der Waals surface area contributed by atoms with Gasteiger partial charge in [-0.15, -0.1) is 0 Å². The third-order valence-electron chi connectivity index (χ3n) is 8.84. The molecule has 4 N–H and O–H groups in total. The number of carbonyl (C=O) groups excluding carboxylic acids is 1. The number of nitrogen functional groups attached to an aromatic ring is 1. The zero-order valence-electron chi connectivity index (χ0n) is 26.1. The summed E-state index contributed by atoms with van der Waals surface area (Å²) in [7, 11) is 0. The third kappa shape index (κ3) is 8.07. The van der Waals surface area contributed by atoms with E-state index in [1.54, 1.807) is 41.3 Å². The third-order valence-corrected chi connectivity index (χ3v) is 8.84. The van der Waals surface area contributed by atoms with E-state index in [1.807, 2.05) is 18.2 Å². The number of likely N-dealkylation sites (tertiary alicyclic amines) is 1. The Kier molecular flexibility index (Phi) is 9.32. The minimum atomic E-state index is -2.81. The molecule has 11 heteroatoms. The summed E-state index contributed by atoms with van der Waals surface area (Å²) >= 11 is 0. The summed E-state index contributed by atoms with van der Waals surface area (Å²) in [5, 5.41) is 14.8. The quantitative estimate of drug-likeness (QED) is 0.320. The highest BCUT2D eigenvalue weighted by molar-refractivity contribution is 5.80. The van der Waals surface area contributed by atoms with Gasteiger partial charge in [0.1, 0.15) is 12.1 Å². The van der Waals surface area contributed by atoms with Crippen LogP contribution in [0.15, 0.2) is 65.7 Å². The van der Waals surface area contributed by atoms with Crippen molar-refractivity contribution in [2.24, 2.45) is 5.92 Å². The standard InChI is InChI=1S/C34H43F2N5O4/c1-32(2,3)39-20-23-9-11-25(12-10-23)45-29-28(37)31(43)41(22-38-29)21-33(44)15-17-40(18-16-33)30(42)26-13-14-34(35,36)19-27(26)24-7-5-4-6-8-24/h4-12,22,26-27,39,44H,13-21,37H2,1-3H3/t26-,27+/m1/s1. The fourth-order valence-corrected chi connectivity index (χ4v) is 6.17. The van der Waals surface area contributed by atoms with Crippen LogP contribution in [0.4, 0.5) is 14.5 Å². The first kappa shape index (κ1) is 32.6. The molecule has 0 radical (unpaired) electrons. The highest BCUT2D eigenvalue weighted by atomic mass is 19.3. The zero-order valence-corrected chi connectivity index (χ0v) is 26.1. The predicted octanol–water partition coefficient (Wildman–Crippen LogP) is 5.08. The SMILES string of the molecule is CC(C)(C)NCc1ccc(Oc2ncn(CC3(O)CCN(C(=O)[C@@H]4CCC(F)(F)C[C@H]4c4ccccc4)CC3)c(=O)c2N)cc1. The number of hydrogen-bond donors (Lipinski definition) is 3. The van der Waals surface area contributed by atoms with Gasteiger partial charge in [0.15, 0.2) is 5.69 Å². The largest absolute Gasteiger partial charge is 0.437 e. The highest BCUT2D eigenvalue weighted by Crippen LogP contribution is 2.46. The number of amides is 1. The van der Waals surface area contributed by atoms with Gasteiger partial charge in [0, 0.05) is 49.9 Å². The second-order valence-corrected chi connectivity index (χ2v) is 13.5. The van der Waals surface area contributed by atoms with E-state index >= 15 is 0 Å². The van der Waals surface area contributed by atoms with Crippen LogP contribution in [0.25, 0.3) is 0 Å². The molecule has 242 valence electrons. The van der Waals surface area contributed by atoms with Gasteiger partial charge in [-0.05, 0) is 63.3 Å². The number of ether oxygens (including phenoxy) is 1. The fourth-order valence-electron chi connectivity index (χ4n) is 6.17. The number of benzene rings is 2. The summed E-state index contributed by atoms with van der Waals surface area (Å²) in [4.78, 5) is 32.6. The van der Waals surface area contributed by atoms with Crippen molar-refractivity contribution in [2.75, 3.05) is 18.8 Å². The Morgan fingerprint density at radius 3 is 2.40 bits per heavy atom. The first-order chi connectivity index (χ1) is 21.2. The van der Waals surface area contributed by atoms with Crippen molar-refractivity contribution >= 4 is 11.6 Å². The highest BCUT2D eigenvalue weighted by Gasteiger charge is 2.46. The molecule has 1 aliphatic heterocycles. The molecule has 1 saturated carbocycles. The molecule has 5 rings (SSSR count). The van der Waals surface area contributed by atoms with E-state index in [-0.39, 0.29) is 74.8 Å². The lowest BCUT2D eigenvalue weighted by molar-refractivity contribution is -0.145. The summed E-state index contributed by atoms with van der Waals surface area (Å²) in [5.74, 6) is -3.62. The average Bonchev–Trinajstić information content (AvgIpc) is 3.00. The van der Waals surface area contributed by atoms with Gasteiger partial charge in [0.05, 0.1) is 12.1 Å². The number of nitrogens with one attached hydrogen (secondary N) is 1. The number of halogens is 2. The van der Waals surface area contributed by atoms with Crippen molar-refractivity contribution in [3.05, 3.63) is 82.4 Å². The van der Waals surface area contributed by atoms with Crippen LogP contribution in [0.3, 0.4) is 0 Å².